The van der Waals surface area contributed by atoms with E-state index in [1.807, 2.05) is 11.8 Å². The Morgan fingerprint density at radius 1 is 1.47 bits per heavy atom. The van der Waals surface area contributed by atoms with Gasteiger partial charge in [0.25, 0.3) is 0 Å². The van der Waals surface area contributed by atoms with Crippen LogP contribution in [0, 0.1) is 5.92 Å². The fourth-order valence-electron chi connectivity index (χ4n) is 3.96. The van der Waals surface area contributed by atoms with Gasteiger partial charge in [-0.2, -0.15) is 11.8 Å². The van der Waals surface area contributed by atoms with Crippen LogP contribution >= 0.6 is 11.8 Å². The van der Waals surface area contributed by atoms with Gasteiger partial charge in [-0.25, -0.2) is 0 Å². The van der Waals surface area contributed by atoms with Crippen LogP contribution in [0.25, 0.3) is 0 Å². The van der Waals surface area contributed by atoms with Crippen molar-refractivity contribution >= 4 is 17.7 Å². The van der Waals surface area contributed by atoms with Crippen molar-refractivity contribution in [2.24, 2.45) is 5.92 Å². The minimum Gasteiger partial charge on any atom is -0.481 e. The Labute approximate surface area is 118 Å². The van der Waals surface area contributed by atoms with Crippen LogP contribution < -0.4 is 0 Å². The van der Waals surface area contributed by atoms with Gasteiger partial charge in [0.05, 0.1) is 11.5 Å². The van der Waals surface area contributed by atoms with Gasteiger partial charge in [0.1, 0.15) is 0 Å². The van der Waals surface area contributed by atoms with Crippen molar-refractivity contribution in [3.05, 3.63) is 0 Å². The Morgan fingerprint density at radius 3 is 2.95 bits per heavy atom. The van der Waals surface area contributed by atoms with Crippen LogP contribution in [0.2, 0.25) is 0 Å². The van der Waals surface area contributed by atoms with Crippen molar-refractivity contribution in [1.29, 1.82) is 0 Å². The molecule has 3 saturated heterocycles. The van der Waals surface area contributed by atoms with E-state index in [4.69, 9.17) is 4.74 Å². The molecule has 1 N–H and O–H groups in total. The summed E-state index contributed by atoms with van der Waals surface area (Å²) in [5, 5.41) is 9.25. The Kier molecular flexibility index (Phi) is 3.80. The molecule has 3 rings (SSSR count). The Bertz CT molecular complexity index is 357. The summed E-state index contributed by atoms with van der Waals surface area (Å²) in [4.78, 5) is 13.7. The van der Waals surface area contributed by atoms with E-state index in [9.17, 15) is 9.90 Å². The van der Waals surface area contributed by atoms with Crippen LogP contribution in [0.5, 0.6) is 0 Å². The summed E-state index contributed by atoms with van der Waals surface area (Å²) < 4.78 is 6.06. The molecule has 0 aromatic carbocycles. The summed E-state index contributed by atoms with van der Waals surface area (Å²) >= 11 is 1.99. The second kappa shape index (κ2) is 5.26. The van der Waals surface area contributed by atoms with E-state index in [1.54, 1.807) is 0 Å². The van der Waals surface area contributed by atoms with E-state index in [-0.39, 0.29) is 17.6 Å². The second-order valence-electron chi connectivity index (χ2n) is 6.19. The van der Waals surface area contributed by atoms with Crippen LogP contribution in [0.15, 0.2) is 0 Å². The topological polar surface area (TPSA) is 49.8 Å². The van der Waals surface area contributed by atoms with Crippen molar-refractivity contribution in [3.63, 3.8) is 0 Å². The van der Waals surface area contributed by atoms with Crippen LogP contribution in [-0.2, 0) is 9.53 Å². The van der Waals surface area contributed by atoms with Gasteiger partial charge in [-0.3, -0.25) is 9.69 Å². The van der Waals surface area contributed by atoms with Crippen molar-refractivity contribution in [1.82, 2.24) is 4.90 Å². The summed E-state index contributed by atoms with van der Waals surface area (Å²) in [6.07, 6.45) is 4.12. The van der Waals surface area contributed by atoms with Crippen LogP contribution in [0.1, 0.15) is 32.6 Å². The maximum absolute atomic E-state index is 11.2. The van der Waals surface area contributed by atoms with Gasteiger partial charge in [-0.15, -0.1) is 0 Å². The van der Waals surface area contributed by atoms with E-state index in [0.29, 0.717) is 6.04 Å². The summed E-state index contributed by atoms with van der Waals surface area (Å²) in [6.45, 7) is 3.86. The van der Waals surface area contributed by atoms with Crippen molar-refractivity contribution in [3.8, 4) is 0 Å². The minimum atomic E-state index is -0.631. The molecule has 4 atom stereocenters. The lowest BCUT2D eigenvalue weighted by atomic mass is 9.88. The zero-order chi connectivity index (χ0) is 13.5. The summed E-state index contributed by atoms with van der Waals surface area (Å²) in [7, 11) is 0. The van der Waals surface area contributed by atoms with Gasteiger partial charge in [0, 0.05) is 24.4 Å². The molecule has 19 heavy (non-hydrogen) atoms. The van der Waals surface area contributed by atoms with Gasteiger partial charge >= 0.3 is 5.97 Å². The van der Waals surface area contributed by atoms with Crippen LogP contribution in [0.4, 0.5) is 0 Å². The number of aliphatic carboxylic acids is 1. The molecule has 3 fully saturated rings. The molecule has 0 amide bonds. The fourth-order valence-corrected chi connectivity index (χ4v) is 5.34. The zero-order valence-corrected chi connectivity index (χ0v) is 12.3. The number of hydrogen-bond donors (Lipinski definition) is 1. The number of carboxylic acid groups (broad SMARTS) is 1. The average Bonchev–Trinajstić information content (AvgIpc) is 2.97. The highest BCUT2D eigenvalue weighted by molar-refractivity contribution is 7.99. The monoisotopic (exact) mass is 285 g/mol. The lowest BCUT2D eigenvalue weighted by Crippen LogP contribution is -2.50. The molecule has 1 spiro atoms. The Morgan fingerprint density at radius 2 is 2.32 bits per heavy atom. The first-order chi connectivity index (χ1) is 9.11. The predicted octanol–water partition coefficient (Wildman–Crippen LogP) is 1.84. The number of thioether (sulfide) groups is 1. The third-order valence-corrected chi connectivity index (χ3v) is 6.35. The molecule has 0 aliphatic carbocycles. The normalized spacial score (nSPS) is 43.9. The van der Waals surface area contributed by atoms with E-state index < -0.39 is 5.97 Å². The van der Waals surface area contributed by atoms with E-state index in [1.165, 1.54) is 12.2 Å². The Hall–Kier alpha value is -0.260. The van der Waals surface area contributed by atoms with Gasteiger partial charge in [0.2, 0.25) is 0 Å². The van der Waals surface area contributed by atoms with Gasteiger partial charge in [0.15, 0.2) is 0 Å². The summed E-state index contributed by atoms with van der Waals surface area (Å²) in [6, 6.07) is 0.693. The van der Waals surface area contributed by atoms with Crippen molar-refractivity contribution in [2.45, 2.75) is 50.3 Å². The largest absolute Gasteiger partial charge is 0.481 e. The Balaban J connectivity index is 1.67. The number of nitrogens with zero attached hydrogens (tertiary/aromatic N) is 1. The maximum Gasteiger partial charge on any atom is 0.308 e. The predicted molar refractivity (Wildman–Crippen MR) is 75.6 cm³/mol. The molecule has 5 heteroatoms. The molecule has 0 aromatic heterocycles. The maximum atomic E-state index is 11.2. The first-order valence-electron chi connectivity index (χ1n) is 7.32. The zero-order valence-electron chi connectivity index (χ0n) is 11.5. The highest BCUT2D eigenvalue weighted by atomic mass is 32.2. The molecular weight excluding hydrogens is 262 g/mol. The SMILES string of the molecule is CC1C(C(=O)O)CCN1C1CCOC2(CCSC2)C1. The molecule has 0 bridgehead atoms. The molecule has 0 aromatic rings. The molecule has 108 valence electrons. The number of carboxylic acids is 1. The molecule has 3 aliphatic rings. The third kappa shape index (κ3) is 2.52. The van der Waals surface area contributed by atoms with E-state index in [2.05, 4.69) is 11.8 Å². The van der Waals surface area contributed by atoms with Crippen LogP contribution in [0.3, 0.4) is 0 Å². The van der Waals surface area contributed by atoms with Gasteiger partial charge in [-0.05, 0) is 44.9 Å². The lowest BCUT2D eigenvalue weighted by molar-refractivity contribution is -0.142. The van der Waals surface area contributed by atoms with Gasteiger partial charge < -0.3 is 9.84 Å². The summed E-state index contributed by atoms with van der Waals surface area (Å²) in [5.41, 5.74) is 0.0919. The number of likely N-dealkylation sites (tertiary alicyclic amines) is 1. The average molecular weight is 285 g/mol. The molecule has 0 radical (unpaired) electrons. The van der Waals surface area contributed by atoms with Gasteiger partial charge in [-0.1, -0.05) is 0 Å². The first kappa shape index (κ1) is 13.7. The molecule has 3 heterocycles. The standard InChI is InChI=1S/C14H23NO3S/c1-10-12(13(16)17)2-5-15(10)11-3-6-18-14(8-11)4-7-19-9-14/h10-12H,2-9H2,1H3,(H,16,17). The number of hydrogen-bond acceptors (Lipinski definition) is 4. The highest BCUT2D eigenvalue weighted by Gasteiger charge is 2.45. The molecular formula is C14H23NO3S. The fraction of sp³-hybridized carbons (Fsp3) is 0.929. The first-order valence-corrected chi connectivity index (χ1v) is 8.47. The number of carbonyl (C=O) groups is 1. The molecule has 0 saturated carbocycles. The number of rotatable bonds is 2. The quantitative estimate of drug-likeness (QED) is 0.839. The van der Waals surface area contributed by atoms with E-state index >= 15 is 0 Å². The second-order valence-corrected chi connectivity index (χ2v) is 7.30. The number of ether oxygens (including phenoxy) is 1. The molecule has 4 unspecified atom stereocenters. The van der Waals surface area contributed by atoms with Crippen molar-refractivity contribution < 1.29 is 14.6 Å². The lowest BCUT2D eigenvalue weighted by Gasteiger charge is -2.43. The smallest absolute Gasteiger partial charge is 0.308 e. The third-order valence-electron chi connectivity index (χ3n) is 5.12. The molecule has 3 aliphatic heterocycles. The van der Waals surface area contributed by atoms with Crippen LogP contribution in [-0.4, -0.2) is 58.3 Å². The molecule has 4 nitrogen and oxygen atoms in total. The van der Waals surface area contributed by atoms with E-state index in [0.717, 1.165) is 38.2 Å². The summed E-state index contributed by atoms with van der Waals surface area (Å²) in [5.74, 6) is 1.51. The highest BCUT2D eigenvalue weighted by Crippen LogP contribution is 2.41. The minimum absolute atomic E-state index is 0.0919. The van der Waals surface area contributed by atoms with Crippen molar-refractivity contribution in [2.75, 3.05) is 24.7 Å².